The largest absolute Gasteiger partial charge is 0.355 e. The molecule has 0 aliphatic rings. The van der Waals surface area contributed by atoms with E-state index in [9.17, 15) is 0 Å². The molecule has 0 aliphatic heterocycles. The van der Waals surface area contributed by atoms with Gasteiger partial charge in [-0.25, -0.2) is 0 Å². The van der Waals surface area contributed by atoms with Crippen molar-refractivity contribution in [3.63, 3.8) is 0 Å². The molecule has 0 aromatic carbocycles. The van der Waals surface area contributed by atoms with Crippen LogP contribution >= 0.6 is 22.6 Å². The van der Waals surface area contributed by atoms with Gasteiger partial charge in [0, 0.05) is 17.1 Å². The maximum Gasteiger partial charge on any atom is 0.146 e. The van der Waals surface area contributed by atoms with Crippen LogP contribution in [0, 0.1) is 5.92 Å². The fraction of sp³-hybridized carbons (Fsp3) is 1.00. The summed E-state index contributed by atoms with van der Waals surface area (Å²) in [6.45, 7) is 9.00. The molecular formula is C15H31IO2. The summed E-state index contributed by atoms with van der Waals surface area (Å²) in [6.07, 6.45) is 8.79. The van der Waals surface area contributed by atoms with E-state index in [-0.39, 0.29) is 0 Å². The Balaban J connectivity index is 3.07. The van der Waals surface area contributed by atoms with Crippen molar-refractivity contribution in [2.24, 2.45) is 5.92 Å². The van der Waals surface area contributed by atoms with Crippen molar-refractivity contribution in [3.8, 4) is 0 Å². The third kappa shape index (κ3) is 14.7. The van der Waals surface area contributed by atoms with Gasteiger partial charge in [-0.05, 0) is 31.6 Å². The van der Waals surface area contributed by atoms with Crippen LogP contribution in [0.2, 0.25) is 0 Å². The van der Waals surface area contributed by atoms with E-state index in [2.05, 4.69) is 43.4 Å². The minimum absolute atomic E-state index is 0.475. The average Bonchev–Trinajstić information content (AvgIpc) is 2.30. The first kappa shape index (κ1) is 18.7. The Hall–Kier alpha value is 0.650. The monoisotopic (exact) mass is 370 g/mol. The van der Waals surface area contributed by atoms with Crippen molar-refractivity contribution in [3.05, 3.63) is 0 Å². The van der Waals surface area contributed by atoms with E-state index in [4.69, 9.17) is 9.47 Å². The van der Waals surface area contributed by atoms with Gasteiger partial charge in [-0.1, -0.05) is 62.6 Å². The van der Waals surface area contributed by atoms with Gasteiger partial charge < -0.3 is 9.47 Å². The van der Waals surface area contributed by atoms with Crippen LogP contribution in [0.15, 0.2) is 0 Å². The Bertz CT molecular complexity index is 163. The van der Waals surface area contributed by atoms with Gasteiger partial charge >= 0.3 is 0 Å². The van der Waals surface area contributed by atoms with Gasteiger partial charge in [0.2, 0.25) is 0 Å². The van der Waals surface area contributed by atoms with Crippen molar-refractivity contribution < 1.29 is 9.47 Å². The third-order valence-electron chi connectivity index (χ3n) is 3.02. The summed E-state index contributed by atoms with van der Waals surface area (Å²) in [5.41, 5.74) is 0. The summed E-state index contributed by atoms with van der Waals surface area (Å²) in [5.74, 6) is 0.815. The van der Waals surface area contributed by atoms with Crippen LogP contribution in [0.4, 0.5) is 0 Å². The highest BCUT2D eigenvalue weighted by molar-refractivity contribution is 14.1. The van der Waals surface area contributed by atoms with E-state index in [0.717, 1.165) is 29.5 Å². The Morgan fingerprint density at radius 1 is 0.944 bits per heavy atom. The van der Waals surface area contributed by atoms with Gasteiger partial charge in [-0.2, -0.15) is 0 Å². The Morgan fingerprint density at radius 3 is 2.22 bits per heavy atom. The standard InChI is InChI=1S/C15H31IO2/c1-4-5-6-7-10-17-13-18-11-8-9-14(2)12-15(3)16/h14-15H,4-13H2,1-3H3. The van der Waals surface area contributed by atoms with Crippen LogP contribution < -0.4 is 0 Å². The van der Waals surface area contributed by atoms with Gasteiger partial charge in [0.25, 0.3) is 0 Å². The number of unbranched alkanes of at least 4 members (excludes halogenated alkanes) is 3. The van der Waals surface area contributed by atoms with Crippen molar-refractivity contribution in [2.45, 2.75) is 69.6 Å². The van der Waals surface area contributed by atoms with Crippen molar-refractivity contribution in [1.82, 2.24) is 0 Å². The first-order valence-corrected chi connectivity index (χ1v) is 8.71. The molecular weight excluding hydrogens is 339 g/mol. The average molecular weight is 370 g/mol. The second kappa shape index (κ2) is 14.1. The maximum atomic E-state index is 5.47. The minimum atomic E-state index is 0.475. The quantitative estimate of drug-likeness (QED) is 0.192. The topological polar surface area (TPSA) is 18.5 Å². The van der Waals surface area contributed by atoms with E-state index >= 15 is 0 Å². The lowest BCUT2D eigenvalue weighted by atomic mass is 10.0. The number of alkyl halides is 1. The molecule has 0 aromatic rings. The summed E-state index contributed by atoms with van der Waals surface area (Å²) in [6, 6.07) is 0. The van der Waals surface area contributed by atoms with Crippen LogP contribution in [0.25, 0.3) is 0 Å². The first-order valence-electron chi connectivity index (χ1n) is 7.46. The summed E-state index contributed by atoms with van der Waals surface area (Å²) in [5, 5.41) is 0. The molecule has 0 spiro atoms. The maximum absolute atomic E-state index is 5.47. The molecule has 0 aliphatic carbocycles. The molecule has 110 valence electrons. The second-order valence-electron chi connectivity index (χ2n) is 5.26. The first-order chi connectivity index (χ1) is 8.66. The molecule has 0 saturated carbocycles. The van der Waals surface area contributed by atoms with Crippen LogP contribution in [-0.4, -0.2) is 23.9 Å². The molecule has 0 radical (unpaired) electrons. The molecule has 0 bridgehead atoms. The third-order valence-corrected chi connectivity index (χ3v) is 3.53. The number of halogens is 1. The predicted molar refractivity (Wildman–Crippen MR) is 87.4 cm³/mol. The van der Waals surface area contributed by atoms with Gasteiger partial charge in [0.15, 0.2) is 0 Å². The van der Waals surface area contributed by atoms with E-state index in [0.29, 0.717) is 6.79 Å². The summed E-state index contributed by atoms with van der Waals surface area (Å²) in [4.78, 5) is 0. The molecule has 18 heavy (non-hydrogen) atoms. The van der Waals surface area contributed by atoms with Gasteiger partial charge in [-0.15, -0.1) is 0 Å². The zero-order valence-electron chi connectivity index (χ0n) is 12.4. The molecule has 2 atom stereocenters. The molecule has 0 N–H and O–H groups in total. The highest BCUT2D eigenvalue weighted by atomic mass is 127. The Morgan fingerprint density at radius 2 is 1.61 bits per heavy atom. The Labute approximate surface area is 127 Å². The van der Waals surface area contributed by atoms with Crippen molar-refractivity contribution in [2.75, 3.05) is 20.0 Å². The molecule has 0 fully saturated rings. The zero-order valence-corrected chi connectivity index (χ0v) is 14.6. The summed E-state index contributed by atoms with van der Waals surface area (Å²) in [7, 11) is 0. The van der Waals surface area contributed by atoms with Crippen LogP contribution in [0.5, 0.6) is 0 Å². The number of rotatable bonds is 13. The fourth-order valence-electron chi connectivity index (χ4n) is 2.01. The van der Waals surface area contributed by atoms with E-state index in [1.54, 1.807) is 0 Å². The van der Waals surface area contributed by atoms with Crippen LogP contribution in [0.1, 0.15) is 65.7 Å². The second-order valence-corrected chi connectivity index (χ2v) is 7.39. The normalized spacial score (nSPS) is 14.7. The zero-order chi connectivity index (χ0) is 13.6. The highest BCUT2D eigenvalue weighted by Crippen LogP contribution is 2.17. The lowest BCUT2D eigenvalue weighted by Gasteiger charge is -2.12. The molecule has 0 rings (SSSR count). The van der Waals surface area contributed by atoms with Crippen LogP contribution in [-0.2, 0) is 9.47 Å². The molecule has 0 amide bonds. The lowest BCUT2D eigenvalue weighted by Crippen LogP contribution is -2.06. The molecule has 2 nitrogen and oxygen atoms in total. The van der Waals surface area contributed by atoms with E-state index in [1.165, 1.54) is 38.5 Å². The van der Waals surface area contributed by atoms with Gasteiger partial charge in [0.05, 0.1) is 0 Å². The molecule has 0 aromatic heterocycles. The highest BCUT2D eigenvalue weighted by Gasteiger charge is 2.05. The minimum Gasteiger partial charge on any atom is -0.355 e. The van der Waals surface area contributed by atoms with E-state index < -0.39 is 0 Å². The van der Waals surface area contributed by atoms with Gasteiger partial charge in [-0.3, -0.25) is 0 Å². The van der Waals surface area contributed by atoms with Crippen LogP contribution in [0.3, 0.4) is 0 Å². The van der Waals surface area contributed by atoms with Crippen molar-refractivity contribution >= 4 is 22.6 Å². The Kier molecular flexibility index (Phi) is 14.6. The fourth-order valence-corrected chi connectivity index (χ4v) is 2.88. The lowest BCUT2D eigenvalue weighted by molar-refractivity contribution is -0.0560. The molecule has 0 saturated heterocycles. The predicted octanol–water partition coefficient (Wildman–Crippen LogP) is 5.19. The van der Waals surface area contributed by atoms with Crippen molar-refractivity contribution in [1.29, 1.82) is 0 Å². The number of hydrogen-bond acceptors (Lipinski definition) is 2. The summed E-state index contributed by atoms with van der Waals surface area (Å²) < 4.78 is 11.7. The SMILES string of the molecule is CCCCCCOCOCCCC(C)CC(C)I. The molecule has 3 heteroatoms. The molecule has 2 unspecified atom stereocenters. The number of hydrogen-bond donors (Lipinski definition) is 0. The molecule has 0 heterocycles. The summed E-state index contributed by atoms with van der Waals surface area (Å²) >= 11 is 2.50. The van der Waals surface area contributed by atoms with E-state index in [1.807, 2.05) is 0 Å². The smallest absolute Gasteiger partial charge is 0.146 e. The van der Waals surface area contributed by atoms with Gasteiger partial charge in [0.1, 0.15) is 6.79 Å². The number of ether oxygens (including phenoxy) is 2.